The molecule has 10 heteroatoms. The van der Waals surface area contributed by atoms with E-state index in [1.807, 2.05) is 6.92 Å². The zero-order valence-corrected chi connectivity index (χ0v) is 16.5. The molecule has 0 aromatic carbocycles. The van der Waals surface area contributed by atoms with Gasteiger partial charge in [0.2, 0.25) is 11.9 Å². The molecular weight excluding hydrogens is 382 g/mol. The number of aliphatic hydroxyl groups excluding tert-OH is 1. The first-order valence-electron chi connectivity index (χ1n) is 9.22. The Kier molecular flexibility index (Phi) is 4.80. The van der Waals surface area contributed by atoms with Gasteiger partial charge in [0.1, 0.15) is 5.70 Å². The molecule has 4 N–H and O–H groups in total. The Hall–Kier alpha value is -2.17. The van der Waals surface area contributed by atoms with Crippen LogP contribution in [0.15, 0.2) is 23.0 Å². The summed E-state index contributed by atoms with van der Waals surface area (Å²) in [5, 5.41) is 19.8. The maximum Gasteiger partial charge on any atom is 0.353 e. The Bertz CT molecular complexity index is 837. The standard InChI is InChI=1S/C18H23N5O4S/c1-8-13-12(9(2)24)16(25)23(13)14(17(26)27)15(8)28-11-6-22(7-11)5-10-3-20-18(19)21-4-10/h3-4,8-9,11-13,24H,5-7H2,1-2H3,(H,26,27)(H2,19,20,21)/t8-,9-,12-,13-/m1/s1. The fourth-order valence-electron chi connectivity index (χ4n) is 4.29. The van der Waals surface area contributed by atoms with Crippen LogP contribution in [-0.2, 0) is 16.1 Å². The average molecular weight is 405 g/mol. The van der Waals surface area contributed by atoms with Crippen LogP contribution in [0.25, 0.3) is 0 Å². The molecule has 2 saturated heterocycles. The van der Waals surface area contributed by atoms with Crippen molar-refractivity contribution in [1.82, 2.24) is 19.8 Å². The van der Waals surface area contributed by atoms with Crippen molar-refractivity contribution >= 4 is 29.6 Å². The highest BCUT2D eigenvalue weighted by atomic mass is 32.2. The molecule has 1 aromatic rings. The summed E-state index contributed by atoms with van der Waals surface area (Å²) in [6, 6.07) is -0.260. The number of nitrogens with two attached hydrogens (primary N) is 1. The molecular formula is C18H23N5O4S. The number of rotatable bonds is 6. The third kappa shape index (κ3) is 3.05. The van der Waals surface area contributed by atoms with E-state index >= 15 is 0 Å². The summed E-state index contributed by atoms with van der Waals surface area (Å²) in [5.41, 5.74) is 6.57. The van der Waals surface area contributed by atoms with Crippen molar-refractivity contribution in [3.05, 3.63) is 28.6 Å². The first-order valence-corrected chi connectivity index (χ1v) is 10.1. The van der Waals surface area contributed by atoms with E-state index in [0.717, 1.165) is 30.1 Å². The van der Waals surface area contributed by atoms with E-state index in [-0.39, 0.29) is 34.8 Å². The molecule has 0 radical (unpaired) electrons. The summed E-state index contributed by atoms with van der Waals surface area (Å²) in [5.74, 6) is -1.74. The van der Waals surface area contributed by atoms with Crippen molar-refractivity contribution in [2.24, 2.45) is 11.8 Å². The van der Waals surface area contributed by atoms with Crippen molar-refractivity contribution < 1.29 is 19.8 Å². The number of fused-ring (bicyclic) bond motifs is 1. The van der Waals surface area contributed by atoms with Gasteiger partial charge in [0.05, 0.1) is 18.1 Å². The minimum Gasteiger partial charge on any atom is -0.477 e. The first-order chi connectivity index (χ1) is 13.3. The number of aromatic nitrogens is 2. The van der Waals surface area contributed by atoms with E-state index in [4.69, 9.17) is 5.73 Å². The lowest BCUT2D eigenvalue weighted by atomic mass is 9.79. The topological polar surface area (TPSA) is 133 Å². The van der Waals surface area contributed by atoms with Crippen LogP contribution in [0.3, 0.4) is 0 Å². The molecule has 9 nitrogen and oxygen atoms in total. The number of thioether (sulfide) groups is 1. The van der Waals surface area contributed by atoms with Gasteiger partial charge in [-0.3, -0.25) is 9.69 Å². The van der Waals surface area contributed by atoms with Gasteiger partial charge in [0.15, 0.2) is 0 Å². The number of carboxylic acids is 1. The second-order valence-electron chi connectivity index (χ2n) is 7.66. The van der Waals surface area contributed by atoms with Crippen LogP contribution in [0.1, 0.15) is 19.4 Å². The Labute approximate surface area is 166 Å². The predicted octanol–water partition coefficient (Wildman–Crippen LogP) is 0.130. The van der Waals surface area contributed by atoms with Gasteiger partial charge in [-0.25, -0.2) is 14.8 Å². The van der Waals surface area contributed by atoms with Crippen LogP contribution >= 0.6 is 11.8 Å². The smallest absolute Gasteiger partial charge is 0.353 e. The Morgan fingerprint density at radius 2 is 2.04 bits per heavy atom. The molecule has 4 heterocycles. The normalized spacial score (nSPS) is 28.8. The molecule has 2 fully saturated rings. The lowest BCUT2D eigenvalue weighted by molar-refractivity contribution is -0.163. The van der Waals surface area contributed by atoms with Crippen molar-refractivity contribution in [3.63, 3.8) is 0 Å². The summed E-state index contributed by atoms with van der Waals surface area (Å²) in [4.78, 5) is 36.5. The number of hydrogen-bond donors (Lipinski definition) is 3. The SMILES string of the molecule is C[C@@H](O)[C@H]1C(=O)N2C(C(=O)O)=C(SC3CN(Cc4cnc(N)nc4)C3)[C@H](C)[C@H]12. The summed E-state index contributed by atoms with van der Waals surface area (Å²) < 4.78 is 0. The van der Waals surface area contributed by atoms with E-state index in [0.29, 0.717) is 0 Å². The molecule has 0 saturated carbocycles. The minimum absolute atomic E-state index is 0.0899. The molecule has 0 unspecified atom stereocenters. The van der Waals surface area contributed by atoms with Gasteiger partial charge in [-0.05, 0) is 6.92 Å². The fourth-order valence-corrected chi connectivity index (χ4v) is 5.87. The number of nitrogen functional groups attached to an aromatic ring is 1. The number of hydrogen-bond acceptors (Lipinski definition) is 8. The number of nitrogens with zero attached hydrogens (tertiary/aromatic N) is 4. The lowest BCUT2D eigenvalue weighted by Crippen LogP contribution is -2.63. The van der Waals surface area contributed by atoms with E-state index in [9.17, 15) is 19.8 Å². The number of carbonyl (C=O) groups is 2. The molecule has 0 bridgehead atoms. The monoisotopic (exact) mass is 405 g/mol. The summed E-state index contributed by atoms with van der Waals surface area (Å²) in [6.07, 6.45) is 2.64. The van der Waals surface area contributed by atoms with Crippen molar-refractivity contribution in [3.8, 4) is 0 Å². The maximum absolute atomic E-state index is 12.4. The largest absolute Gasteiger partial charge is 0.477 e. The molecule has 4 rings (SSSR count). The number of likely N-dealkylation sites (tertiary alicyclic amines) is 1. The zero-order chi connectivity index (χ0) is 20.2. The number of carboxylic acid groups (broad SMARTS) is 1. The van der Waals surface area contributed by atoms with E-state index in [2.05, 4.69) is 14.9 Å². The van der Waals surface area contributed by atoms with Gasteiger partial charge in [0, 0.05) is 53.7 Å². The molecule has 150 valence electrons. The second-order valence-corrected chi connectivity index (χ2v) is 9.00. The number of anilines is 1. The summed E-state index contributed by atoms with van der Waals surface area (Å²) in [6.45, 7) is 5.88. The van der Waals surface area contributed by atoms with Gasteiger partial charge >= 0.3 is 5.97 Å². The van der Waals surface area contributed by atoms with Gasteiger partial charge < -0.3 is 20.8 Å². The molecule has 3 aliphatic rings. The molecule has 1 aromatic heterocycles. The van der Waals surface area contributed by atoms with Gasteiger partial charge in [-0.2, -0.15) is 0 Å². The van der Waals surface area contributed by atoms with E-state index < -0.39 is 18.0 Å². The van der Waals surface area contributed by atoms with Crippen molar-refractivity contribution in [2.75, 3.05) is 18.8 Å². The number of aliphatic carboxylic acids is 1. The van der Waals surface area contributed by atoms with E-state index in [1.54, 1.807) is 31.1 Å². The van der Waals surface area contributed by atoms with Crippen LogP contribution in [0.4, 0.5) is 5.95 Å². The molecule has 0 spiro atoms. The molecule has 3 aliphatic heterocycles. The number of aliphatic hydroxyl groups is 1. The lowest BCUT2D eigenvalue weighted by Gasteiger charge is -2.46. The quantitative estimate of drug-likeness (QED) is 0.565. The average Bonchev–Trinajstić information content (AvgIpc) is 2.83. The van der Waals surface area contributed by atoms with Gasteiger partial charge in [-0.1, -0.05) is 6.92 Å². The summed E-state index contributed by atoms with van der Waals surface area (Å²) in [7, 11) is 0. The van der Waals surface area contributed by atoms with Crippen LogP contribution in [0.5, 0.6) is 0 Å². The summed E-state index contributed by atoms with van der Waals surface area (Å²) >= 11 is 1.55. The number of β-lactam (4-membered cyclic amide) rings is 1. The molecule has 4 atom stereocenters. The van der Waals surface area contributed by atoms with Crippen LogP contribution in [-0.4, -0.2) is 72.3 Å². The fraction of sp³-hybridized carbons (Fsp3) is 0.556. The van der Waals surface area contributed by atoms with Gasteiger partial charge in [0.25, 0.3) is 0 Å². The highest BCUT2D eigenvalue weighted by molar-refractivity contribution is 8.03. The third-order valence-electron chi connectivity index (χ3n) is 5.66. The maximum atomic E-state index is 12.4. The van der Waals surface area contributed by atoms with Crippen molar-refractivity contribution in [1.29, 1.82) is 0 Å². The molecule has 0 aliphatic carbocycles. The van der Waals surface area contributed by atoms with Crippen LogP contribution in [0, 0.1) is 11.8 Å². The van der Waals surface area contributed by atoms with Gasteiger partial charge in [-0.15, -0.1) is 11.8 Å². The van der Waals surface area contributed by atoms with E-state index in [1.165, 1.54) is 4.90 Å². The second kappa shape index (κ2) is 7.02. The highest BCUT2D eigenvalue weighted by Crippen LogP contribution is 2.51. The highest BCUT2D eigenvalue weighted by Gasteiger charge is 2.60. The van der Waals surface area contributed by atoms with Crippen LogP contribution in [0.2, 0.25) is 0 Å². The van der Waals surface area contributed by atoms with Crippen molar-refractivity contribution in [2.45, 2.75) is 37.8 Å². The minimum atomic E-state index is -1.08. The zero-order valence-electron chi connectivity index (χ0n) is 15.6. The Morgan fingerprint density at radius 3 is 2.61 bits per heavy atom. The molecule has 1 amide bonds. The third-order valence-corrected chi connectivity index (χ3v) is 7.11. The first kappa shape index (κ1) is 19.2. The van der Waals surface area contributed by atoms with Crippen LogP contribution < -0.4 is 5.73 Å². The number of carbonyl (C=O) groups excluding carboxylic acids is 1. The Morgan fingerprint density at radius 1 is 1.39 bits per heavy atom. The predicted molar refractivity (Wildman–Crippen MR) is 103 cm³/mol. The number of amides is 1. The Balaban J connectivity index is 1.41. The molecule has 28 heavy (non-hydrogen) atoms.